The van der Waals surface area contributed by atoms with Crippen LogP contribution in [-0.4, -0.2) is 36.4 Å². The van der Waals surface area contributed by atoms with Gasteiger partial charge in [-0.05, 0) is 25.7 Å². The lowest BCUT2D eigenvalue weighted by molar-refractivity contribution is 0.0929. The van der Waals surface area contributed by atoms with Crippen LogP contribution in [0.2, 0.25) is 0 Å². The predicted molar refractivity (Wildman–Crippen MR) is 79.4 cm³/mol. The first-order valence-corrected chi connectivity index (χ1v) is 6.68. The zero-order valence-corrected chi connectivity index (χ0v) is 12.1. The van der Waals surface area contributed by atoms with E-state index in [1.807, 2.05) is 49.3 Å². The average molecular weight is 287 g/mol. The first-order valence-electron chi connectivity index (χ1n) is 6.68. The molecule has 5 heteroatoms. The normalized spacial score (nSPS) is 12.2. The Bertz CT molecular complexity index is 601. The number of benzene rings is 1. The summed E-state index contributed by atoms with van der Waals surface area (Å²) in [5, 5.41) is 2.93. The fourth-order valence-electron chi connectivity index (χ4n) is 2.07. The summed E-state index contributed by atoms with van der Waals surface area (Å²) in [6.45, 7) is 0.656. The zero-order chi connectivity index (χ0) is 15.2. The van der Waals surface area contributed by atoms with Crippen molar-refractivity contribution in [1.82, 2.24) is 15.2 Å². The fraction of sp³-hybridized carbons (Fsp3) is 0.250. The summed E-state index contributed by atoms with van der Waals surface area (Å²) in [5.41, 5.74) is 1.27. The van der Waals surface area contributed by atoms with E-state index < -0.39 is 5.95 Å². The number of amides is 1. The van der Waals surface area contributed by atoms with Crippen molar-refractivity contribution in [3.8, 4) is 0 Å². The number of nitrogens with one attached hydrogen (secondary N) is 1. The van der Waals surface area contributed by atoms with Crippen LogP contribution in [0.4, 0.5) is 4.39 Å². The number of pyridine rings is 1. The number of hydrogen-bond donors (Lipinski definition) is 1. The van der Waals surface area contributed by atoms with Gasteiger partial charge >= 0.3 is 0 Å². The second kappa shape index (κ2) is 6.95. The molecule has 21 heavy (non-hydrogen) atoms. The van der Waals surface area contributed by atoms with Crippen molar-refractivity contribution >= 4 is 5.91 Å². The van der Waals surface area contributed by atoms with Gasteiger partial charge in [0.2, 0.25) is 5.95 Å². The van der Waals surface area contributed by atoms with Crippen LogP contribution in [0.25, 0.3) is 0 Å². The van der Waals surface area contributed by atoms with Gasteiger partial charge in [0.25, 0.3) is 5.91 Å². The molecule has 1 N–H and O–H groups in total. The number of aromatic nitrogens is 1. The molecule has 0 fully saturated rings. The third kappa shape index (κ3) is 4.36. The Morgan fingerprint density at radius 1 is 1.29 bits per heavy atom. The van der Waals surface area contributed by atoms with Gasteiger partial charge in [-0.3, -0.25) is 4.79 Å². The van der Waals surface area contributed by atoms with Crippen LogP contribution < -0.4 is 5.32 Å². The van der Waals surface area contributed by atoms with E-state index in [4.69, 9.17) is 0 Å². The highest BCUT2D eigenvalue weighted by atomic mass is 19.1. The van der Waals surface area contributed by atoms with Crippen LogP contribution in [0.15, 0.2) is 48.7 Å². The molecule has 0 aliphatic carbocycles. The highest BCUT2D eigenvalue weighted by Gasteiger charge is 2.16. The van der Waals surface area contributed by atoms with E-state index in [0.29, 0.717) is 6.54 Å². The Kier molecular flexibility index (Phi) is 5.00. The first kappa shape index (κ1) is 15.1. The Hall–Kier alpha value is -2.27. The number of halogens is 1. The molecule has 1 unspecified atom stereocenters. The molecular weight excluding hydrogens is 269 g/mol. The lowest BCUT2D eigenvalue weighted by Gasteiger charge is -2.23. The van der Waals surface area contributed by atoms with E-state index in [1.165, 1.54) is 12.3 Å². The topological polar surface area (TPSA) is 45.2 Å². The SMILES string of the molecule is CN(C)CC(NC(=O)c1ccnc(F)c1)c1ccccc1. The molecule has 1 amide bonds. The monoisotopic (exact) mass is 287 g/mol. The first-order chi connectivity index (χ1) is 10.1. The molecule has 1 aromatic carbocycles. The predicted octanol–water partition coefficient (Wildman–Crippen LogP) is 2.25. The number of likely N-dealkylation sites (N-methyl/N-ethyl adjacent to an activating group) is 1. The van der Waals surface area contributed by atoms with E-state index in [1.54, 1.807) is 0 Å². The summed E-state index contributed by atoms with van der Waals surface area (Å²) in [6.07, 6.45) is 1.29. The summed E-state index contributed by atoms with van der Waals surface area (Å²) in [4.78, 5) is 17.7. The van der Waals surface area contributed by atoms with Gasteiger partial charge < -0.3 is 10.2 Å². The number of carbonyl (C=O) groups is 1. The Balaban J connectivity index is 2.17. The molecule has 0 saturated heterocycles. The number of carbonyl (C=O) groups excluding carboxylic acids is 1. The molecule has 2 rings (SSSR count). The van der Waals surface area contributed by atoms with Crippen molar-refractivity contribution in [1.29, 1.82) is 0 Å². The maximum absolute atomic E-state index is 13.1. The lowest BCUT2D eigenvalue weighted by atomic mass is 10.1. The van der Waals surface area contributed by atoms with E-state index in [2.05, 4.69) is 10.3 Å². The van der Waals surface area contributed by atoms with Crippen molar-refractivity contribution in [2.45, 2.75) is 6.04 Å². The van der Waals surface area contributed by atoms with Crippen LogP contribution in [0, 0.1) is 5.95 Å². The van der Waals surface area contributed by atoms with Crippen molar-refractivity contribution in [3.05, 3.63) is 65.7 Å². The van der Waals surface area contributed by atoms with E-state index in [0.717, 1.165) is 11.6 Å². The summed E-state index contributed by atoms with van der Waals surface area (Å²) in [5.74, 6) is -0.974. The molecule has 0 saturated carbocycles. The molecular formula is C16H18FN3O. The van der Waals surface area contributed by atoms with Gasteiger partial charge in [-0.25, -0.2) is 4.98 Å². The van der Waals surface area contributed by atoms with Crippen molar-refractivity contribution < 1.29 is 9.18 Å². The fourth-order valence-corrected chi connectivity index (χ4v) is 2.07. The standard InChI is InChI=1S/C16H18FN3O/c1-20(2)11-14(12-6-4-3-5-7-12)19-16(21)13-8-9-18-15(17)10-13/h3-10,14H,11H2,1-2H3,(H,19,21). The van der Waals surface area contributed by atoms with Crippen molar-refractivity contribution in [2.75, 3.05) is 20.6 Å². The van der Waals surface area contributed by atoms with Gasteiger partial charge in [0.15, 0.2) is 0 Å². The molecule has 4 nitrogen and oxygen atoms in total. The molecule has 0 bridgehead atoms. The molecule has 0 aliphatic rings. The van der Waals surface area contributed by atoms with E-state index in [9.17, 15) is 9.18 Å². The van der Waals surface area contributed by atoms with E-state index in [-0.39, 0.29) is 17.5 Å². The minimum Gasteiger partial charge on any atom is -0.344 e. The third-order valence-electron chi connectivity index (χ3n) is 3.04. The van der Waals surface area contributed by atoms with Crippen LogP contribution in [0.3, 0.4) is 0 Å². The zero-order valence-electron chi connectivity index (χ0n) is 12.1. The van der Waals surface area contributed by atoms with Gasteiger partial charge in [0.1, 0.15) is 0 Å². The van der Waals surface area contributed by atoms with Crippen molar-refractivity contribution in [3.63, 3.8) is 0 Å². The molecule has 1 atom stereocenters. The second-order valence-electron chi connectivity index (χ2n) is 5.07. The van der Waals surface area contributed by atoms with Crippen LogP contribution in [0.1, 0.15) is 22.0 Å². The number of rotatable bonds is 5. The maximum atomic E-state index is 13.1. The second-order valence-corrected chi connectivity index (χ2v) is 5.07. The average Bonchev–Trinajstić information content (AvgIpc) is 2.47. The molecule has 110 valence electrons. The summed E-state index contributed by atoms with van der Waals surface area (Å²) in [7, 11) is 3.88. The smallest absolute Gasteiger partial charge is 0.252 e. The number of nitrogens with zero attached hydrogens (tertiary/aromatic N) is 2. The van der Waals surface area contributed by atoms with Crippen LogP contribution in [-0.2, 0) is 0 Å². The summed E-state index contributed by atoms with van der Waals surface area (Å²) >= 11 is 0. The highest BCUT2D eigenvalue weighted by Crippen LogP contribution is 2.14. The molecule has 2 aromatic rings. The minimum atomic E-state index is -0.661. The molecule has 0 spiro atoms. The quantitative estimate of drug-likeness (QED) is 0.858. The molecule has 1 aromatic heterocycles. The summed E-state index contributed by atoms with van der Waals surface area (Å²) in [6, 6.07) is 12.2. The van der Waals surface area contributed by atoms with Gasteiger partial charge in [0.05, 0.1) is 6.04 Å². The highest BCUT2D eigenvalue weighted by molar-refractivity contribution is 5.94. The summed E-state index contributed by atoms with van der Waals surface area (Å²) < 4.78 is 13.1. The minimum absolute atomic E-state index is 0.162. The maximum Gasteiger partial charge on any atom is 0.252 e. The van der Waals surface area contributed by atoms with Gasteiger partial charge in [-0.1, -0.05) is 30.3 Å². The van der Waals surface area contributed by atoms with Crippen molar-refractivity contribution in [2.24, 2.45) is 0 Å². The molecule has 0 radical (unpaired) electrons. The third-order valence-corrected chi connectivity index (χ3v) is 3.04. The Morgan fingerprint density at radius 3 is 2.62 bits per heavy atom. The molecule has 0 aliphatic heterocycles. The van der Waals surface area contributed by atoms with E-state index >= 15 is 0 Å². The Labute approximate surface area is 123 Å². The largest absolute Gasteiger partial charge is 0.344 e. The van der Waals surface area contributed by atoms with Crippen LogP contribution >= 0.6 is 0 Å². The van der Waals surface area contributed by atoms with Gasteiger partial charge in [-0.2, -0.15) is 4.39 Å². The van der Waals surface area contributed by atoms with Gasteiger partial charge in [-0.15, -0.1) is 0 Å². The lowest BCUT2D eigenvalue weighted by Crippen LogP contribution is -2.35. The van der Waals surface area contributed by atoms with Gasteiger partial charge in [0, 0.05) is 24.4 Å². The van der Waals surface area contributed by atoms with Crippen LogP contribution in [0.5, 0.6) is 0 Å². The number of hydrogen-bond acceptors (Lipinski definition) is 3. The Morgan fingerprint density at radius 2 is 2.00 bits per heavy atom. The molecule has 1 heterocycles.